The molecule has 4 rings (SSSR count). The van der Waals surface area contributed by atoms with Gasteiger partial charge in [-0.3, -0.25) is 23.7 Å². The van der Waals surface area contributed by atoms with Gasteiger partial charge in [0.2, 0.25) is 0 Å². The van der Waals surface area contributed by atoms with Gasteiger partial charge in [0.1, 0.15) is 24.5 Å². The van der Waals surface area contributed by atoms with Crippen LogP contribution >= 0.6 is 7.75 Å². The lowest BCUT2D eigenvalue weighted by Crippen LogP contribution is -2.37. The van der Waals surface area contributed by atoms with Gasteiger partial charge in [0.15, 0.2) is 6.23 Å². The van der Waals surface area contributed by atoms with Crippen LogP contribution < -0.4 is 20.9 Å². The maximum absolute atomic E-state index is 13.8. The average molecular weight is 576 g/mol. The number of nitrogens with zero attached hydrogens (tertiary/aromatic N) is 1. The van der Waals surface area contributed by atoms with E-state index in [-0.39, 0.29) is 12.4 Å². The number of hydrogen-bond donors (Lipinski definition) is 4. The van der Waals surface area contributed by atoms with E-state index in [4.69, 9.17) is 18.5 Å². The second-order valence-electron chi connectivity index (χ2n) is 9.06. The number of rotatable bonds is 12. The highest BCUT2D eigenvalue weighted by atomic mass is 31.2. The van der Waals surface area contributed by atoms with E-state index in [0.717, 1.165) is 22.4 Å². The Hall–Kier alpha value is -3.58. The highest BCUT2D eigenvalue weighted by Gasteiger charge is 2.46. The molecule has 214 valence electrons. The smallest absolute Gasteiger partial charge is 0.459 e. The Kier molecular flexibility index (Phi) is 9.69. The maximum Gasteiger partial charge on any atom is 0.459 e. The second kappa shape index (κ2) is 13.2. The largest absolute Gasteiger partial charge is 0.460 e. The summed E-state index contributed by atoms with van der Waals surface area (Å²) in [6.07, 6.45) is -2.51. The third-order valence-corrected chi connectivity index (χ3v) is 7.81. The second-order valence-corrected chi connectivity index (χ2v) is 10.8. The number of carbonyl (C=O) groups excluding carboxylic acids is 1. The summed E-state index contributed by atoms with van der Waals surface area (Å²) < 4.78 is 37.1. The zero-order valence-electron chi connectivity index (χ0n) is 21.5. The average Bonchev–Trinajstić information content (AvgIpc) is 3.26. The minimum Gasteiger partial charge on any atom is -0.460 e. The highest BCUT2D eigenvalue weighted by Crippen LogP contribution is 2.46. The molecule has 1 aliphatic rings. The van der Waals surface area contributed by atoms with Gasteiger partial charge in [-0.15, -0.1) is 0 Å². The zero-order valence-corrected chi connectivity index (χ0v) is 22.4. The molecule has 2 heterocycles. The number of H-pyrrole nitrogens is 1. The molecule has 1 aromatic heterocycles. The number of ether oxygens (including phenoxy) is 2. The predicted octanol–water partition coefficient (Wildman–Crippen LogP) is 1.33. The van der Waals surface area contributed by atoms with Crippen LogP contribution in [0.4, 0.5) is 0 Å². The number of carbonyl (C=O) groups is 1. The summed E-state index contributed by atoms with van der Waals surface area (Å²) >= 11 is 0. The molecule has 0 spiro atoms. The summed E-state index contributed by atoms with van der Waals surface area (Å²) in [5.41, 5.74) is -0.683. The maximum atomic E-state index is 13.8. The predicted molar refractivity (Wildman–Crippen MR) is 141 cm³/mol. The monoisotopic (exact) mass is 575 g/mol. The molecule has 3 aromatic rings. The molecule has 14 heteroatoms. The number of aromatic nitrogens is 2. The highest BCUT2D eigenvalue weighted by molar-refractivity contribution is 7.52. The topological polar surface area (TPSA) is 178 Å². The summed E-state index contributed by atoms with van der Waals surface area (Å²) in [6.45, 7) is 0.430. The van der Waals surface area contributed by atoms with Crippen molar-refractivity contribution in [2.45, 2.75) is 38.0 Å². The van der Waals surface area contributed by atoms with Crippen LogP contribution in [0.2, 0.25) is 0 Å². The van der Waals surface area contributed by atoms with Gasteiger partial charge < -0.3 is 24.2 Å². The molecule has 0 amide bonds. The molecule has 0 saturated carbocycles. The Labute approximate surface area is 228 Å². The molecule has 1 saturated heterocycles. The normalized spacial score (nSPS) is 22.8. The van der Waals surface area contributed by atoms with Crippen molar-refractivity contribution < 1.29 is 38.1 Å². The number of benzene rings is 2. The number of esters is 1. The van der Waals surface area contributed by atoms with E-state index >= 15 is 0 Å². The number of para-hydroxylation sites is 1. The Morgan fingerprint density at radius 1 is 1.12 bits per heavy atom. The number of aliphatic hydroxyl groups excluding tert-OH is 2. The van der Waals surface area contributed by atoms with Crippen LogP contribution in [-0.2, 0) is 30.0 Å². The Morgan fingerprint density at radius 2 is 1.80 bits per heavy atom. The van der Waals surface area contributed by atoms with Crippen molar-refractivity contribution in [3.05, 3.63) is 99.3 Å². The van der Waals surface area contributed by atoms with Crippen LogP contribution in [0.25, 0.3) is 0 Å². The first-order valence-electron chi connectivity index (χ1n) is 12.4. The van der Waals surface area contributed by atoms with E-state index in [0.29, 0.717) is 0 Å². The van der Waals surface area contributed by atoms with E-state index in [2.05, 4.69) is 10.1 Å². The molecule has 13 nitrogen and oxygen atoms in total. The SMILES string of the molecule is C[C@@H](NP(=O)(OC[C@H]1O[C@@H](n2ccc(=O)[nH]c2=O)[C@H](O)[C@@H]1CO)Oc1ccccc1)C(=O)OCc1ccccc1. The third-order valence-electron chi connectivity index (χ3n) is 6.17. The lowest BCUT2D eigenvalue weighted by Gasteiger charge is -2.25. The zero-order chi connectivity index (χ0) is 28.7. The number of aliphatic hydroxyl groups is 2. The fraction of sp³-hybridized carbons (Fsp3) is 0.346. The molecule has 0 aliphatic carbocycles. The first-order chi connectivity index (χ1) is 19.2. The van der Waals surface area contributed by atoms with Crippen molar-refractivity contribution in [2.75, 3.05) is 13.2 Å². The minimum absolute atomic E-state index is 0.00782. The number of aromatic amines is 1. The van der Waals surface area contributed by atoms with E-state index in [1.165, 1.54) is 6.92 Å². The lowest BCUT2D eigenvalue weighted by atomic mass is 9.99. The lowest BCUT2D eigenvalue weighted by molar-refractivity contribution is -0.146. The molecular formula is C26H30N3O10P. The molecule has 2 aromatic carbocycles. The van der Waals surface area contributed by atoms with E-state index in [9.17, 15) is 29.2 Å². The summed E-state index contributed by atoms with van der Waals surface area (Å²) in [4.78, 5) is 38.4. The van der Waals surface area contributed by atoms with Crippen molar-refractivity contribution in [1.29, 1.82) is 0 Å². The van der Waals surface area contributed by atoms with Gasteiger partial charge in [0.25, 0.3) is 5.56 Å². The Balaban J connectivity index is 1.47. The standard InChI is InChI=1S/C26H30N3O10P/c1-17(25(33)36-15-18-8-4-2-5-9-18)28-40(35,39-19-10-6-3-7-11-19)37-16-21-20(14-30)23(32)24(38-21)29-13-12-22(31)27-26(29)34/h2-13,17,20-21,23-24,30,32H,14-16H2,1H3,(H,28,35)(H,27,31,34)/t17-,20-,21-,23-,24-,40?/m1/s1. The number of hydrogen-bond acceptors (Lipinski definition) is 10. The van der Waals surface area contributed by atoms with Crippen LogP contribution in [0.3, 0.4) is 0 Å². The van der Waals surface area contributed by atoms with Gasteiger partial charge in [0.05, 0.1) is 19.3 Å². The minimum atomic E-state index is -4.27. The molecule has 1 unspecified atom stereocenters. The molecular weight excluding hydrogens is 545 g/mol. The molecule has 0 radical (unpaired) electrons. The van der Waals surface area contributed by atoms with Gasteiger partial charge >= 0.3 is 19.4 Å². The quantitative estimate of drug-likeness (QED) is 0.181. The first kappa shape index (κ1) is 29.4. The third kappa shape index (κ3) is 7.33. The van der Waals surface area contributed by atoms with Gasteiger partial charge in [-0.1, -0.05) is 48.5 Å². The van der Waals surface area contributed by atoms with Gasteiger partial charge in [0, 0.05) is 18.2 Å². The van der Waals surface area contributed by atoms with E-state index in [1.807, 2.05) is 6.07 Å². The molecule has 0 bridgehead atoms. The van der Waals surface area contributed by atoms with Crippen LogP contribution in [-0.4, -0.2) is 57.2 Å². The van der Waals surface area contributed by atoms with Gasteiger partial charge in [-0.05, 0) is 24.6 Å². The fourth-order valence-corrected chi connectivity index (χ4v) is 5.57. The van der Waals surface area contributed by atoms with Crippen LogP contribution in [0.1, 0.15) is 18.7 Å². The van der Waals surface area contributed by atoms with Crippen LogP contribution in [0.5, 0.6) is 5.75 Å². The van der Waals surface area contributed by atoms with E-state index < -0.39 is 68.6 Å². The fourth-order valence-electron chi connectivity index (χ4n) is 4.06. The van der Waals surface area contributed by atoms with Crippen molar-refractivity contribution in [3.8, 4) is 5.75 Å². The van der Waals surface area contributed by atoms with E-state index in [1.54, 1.807) is 54.6 Å². The summed E-state index contributed by atoms with van der Waals surface area (Å²) in [5.74, 6) is -1.46. The number of nitrogens with one attached hydrogen (secondary N) is 2. The van der Waals surface area contributed by atoms with Crippen molar-refractivity contribution >= 4 is 13.7 Å². The molecule has 6 atom stereocenters. The molecule has 4 N–H and O–H groups in total. The molecule has 1 aliphatic heterocycles. The molecule has 40 heavy (non-hydrogen) atoms. The van der Waals surface area contributed by atoms with Gasteiger partial charge in [-0.25, -0.2) is 9.36 Å². The summed E-state index contributed by atoms with van der Waals surface area (Å²) in [7, 11) is -4.27. The molecule has 1 fully saturated rings. The Morgan fingerprint density at radius 3 is 2.45 bits per heavy atom. The van der Waals surface area contributed by atoms with Crippen molar-refractivity contribution in [2.24, 2.45) is 5.92 Å². The van der Waals surface area contributed by atoms with Crippen molar-refractivity contribution in [1.82, 2.24) is 14.6 Å². The van der Waals surface area contributed by atoms with Crippen LogP contribution in [0, 0.1) is 5.92 Å². The van der Waals surface area contributed by atoms with Crippen molar-refractivity contribution in [3.63, 3.8) is 0 Å². The van der Waals surface area contributed by atoms with Gasteiger partial charge in [-0.2, -0.15) is 5.09 Å². The van der Waals surface area contributed by atoms with Crippen LogP contribution in [0.15, 0.2) is 82.5 Å². The summed E-state index contributed by atoms with van der Waals surface area (Å²) in [6, 6.07) is 17.1. The first-order valence-corrected chi connectivity index (χ1v) is 14.0. The summed E-state index contributed by atoms with van der Waals surface area (Å²) in [5, 5.41) is 23.2. The Bertz CT molecular complexity index is 1430.